The van der Waals surface area contributed by atoms with E-state index in [0.717, 1.165) is 25.9 Å². The molecule has 0 bridgehead atoms. The number of carbonyl (C=O) groups excluding carboxylic acids is 1. The number of nitrogens with zero attached hydrogens (tertiary/aromatic N) is 1. The van der Waals surface area contributed by atoms with Gasteiger partial charge in [0.2, 0.25) is 5.91 Å². The molecule has 1 aromatic carbocycles. The number of carbonyl (C=O) groups is 1. The second kappa shape index (κ2) is 7.55. The van der Waals surface area contributed by atoms with Gasteiger partial charge < -0.3 is 10.2 Å². The normalized spacial score (nSPS) is 20.3. The van der Waals surface area contributed by atoms with Crippen LogP contribution in [0.25, 0.3) is 0 Å². The van der Waals surface area contributed by atoms with Crippen molar-refractivity contribution in [2.24, 2.45) is 5.92 Å². The molecule has 0 aliphatic carbocycles. The summed E-state index contributed by atoms with van der Waals surface area (Å²) in [4.78, 5) is 14.4. The highest BCUT2D eigenvalue weighted by atomic mass is 19.1. The Morgan fingerprint density at radius 1 is 1.48 bits per heavy atom. The Labute approximate surface area is 126 Å². The van der Waals surface area contributed by atoms with E-state index >= 15 is 0 Å². The lowest BCUT2D eigenvalue weighted by Crippen LogP contribution is -2.48. The lowest BCUT2D eigenvalue weighted by atomic mass is 9.97. The monoisotopic (exact) mass is 292 g/mol. The Kier molecular flexibility index (Phi) is 5.74. The van der Waals surface area contributed by atoms with Gasteiger partial charge in [-0.2, -0.15) is 0 Å². The van der Waals surface area contributed by atoms with Crippen molar-refractivity contribution in [1.29, 1.82) is 0 Å². The smallest absolute Gasteiger partial charge is 0.225 e. The van der Waals surface area contributed by atoms with Crippen LogP contribution >= 0.6 is 0 Å². The van der Waals surface area contributed by atoms with Crippen LogP contribution in [-0.2, 0) is 11.2 Å². The van der Waals surface area contributed by atoms with E-state index in [0.29, 0.717) is 24.4 Å². The Morgan fingerprint density at radius 2 is 2.24 bits per heavy atom. The molecule has 1 amide bonds. The highest BCUT2D eigenvalue weighted by Crippen LogP contribution is 2.18. The predicted molar refractivity (Wildman–Crippen MR) is 82.5 cm³/mol. The summed E-state index contributed by atoms with van der Waals surface area (Å²) >= 11 is 0. The highest BCUT2D eigenvalue weighted by Gasteiger charge is 2.25. The first kappa shape index (κ1) is 16.0. The van der Waals surface area contributed by atoms with E-state index in [-0.39, 0.29) is 17.6 Å². The Morgan fingerprint density at radius 3 is 2.95 bits per heavy atom. The minimum absolute atomic E-state index is 0.0554. The van der Waals surface area contributed by atoms with Crippen LogP contribution in [0.4, 0.5) is 4.39 Å². The molecule has 1 saturated heterocycles. The fourth-order valence-electron chi connectivity index (χ4n) is 2.92. The van der Waals surface area contributed by atoms with E-state index in [1.165, 1.54) is 6.07 Å². The van der Waals surface area contributed by atoms with Crippen LogP contribution in [0.2, 0.25) is 0 Å². The number of likely N-dealkylation sites (N-methyl/N-ethyl adjacent to an activating group) is 1. The summed E-state index contributed by atoms with van der Waals surface area (Å²) in [6, 6.07) is 7.21. The molecule has 0 spiro atoms. The van der Waals surface area contributed by atoms with E-state index < -0.39 is 0 Å². The summed E-state index contributed by atoms with van der Waals surface area (Å²) in [6.45, 7) is 3.59. The van der Waals surface area contributed by atoms with Crippen LogP contribution in [0.3, 0.4) is 0 Å². The number of halogens is 1. The average molecular weight is 292 g/mol. The van der Waals surface area contributed by atoms with Gasteiger partial charge in [-0.3, -0.25) is 4.79 Å². The second-order valence-electron chi connectivity index (χ2n) is 5.94. The molecule has 2 rings (SSSR count). The van der Waals surface area contributed by atoms with Crippen LogP contribution in [0.1, 0.15) is 31.7 Å². The minimum Gasteiger partial charge on any atom is -0.341 e. The number of rotatable bonds is 5. The van der Waals surface area contributed by atoms with Crippen molar-refractivity contribution in [1.82, 2.24) is 10.2 Å². The number of piperidine rings is 1. The number of likely N-dealkylation sites (tertiary alicyclic amines) is 1. The molecule has 0 aromatic heterocycles. The van der Waals surface area contributed by atoms with Crippen molar-refractivity contribution in [3.8, 4) is 0 Å². The van der Waals surface area contributed by atoms with Gasteiger partial charge in [0.15, 0.2) is 0 Å². The maximum atomic E-state index is 13.6. The lowest BCUT2D eigenvalue weighted by Gasteiger charge is -2.34. The third-order valence-corrected chi connectivity index (χ3v) is 4.37. The summed E-state index contributed by atoms with van der Waals surface area (Å²) in [5.74, 6) is -0.0307. The highest BCUT2D eigenvalue weighted by molar-refractivity contribution is 5.78. The van der Waals surface area contributed by atoms with Gasteiger partial charge >= 0.3 is 0 Å². The third-order valence-electron chi connectivity index (χ3n) is 4.37. The Balaban J connectivity index is 1.86. The summed E-state index contributed by atoms with van der Waals surface area (Å²) < 4.78 is 13.6. The molecule has 116 valence electrons. The van der Waals surface area contributed by atoms with E-state index in [9.17, 15) is 9.18 Å². The lowest BCUT2D eigenvalue weighted by molar-refractivity contribution is -0.136. The molecular weight excluding hydrogens is 267 g/mol. The van der Waals surface area contributed by atoms with E-state index in [4.69, 9.17) is 0 Å². The molecule has 0 unspecified atom stereocenters. The molecule has 1 aliphatic rings. The van der Waals surface area contributed by atoms with Gasteiger partial charge in [-0.05, 0) is 44.4 Å². The zero-order valence-corrected chi connectivity index (χ0v) is 12.9. The second-order valence-corrected chi connectivity index (χ2v) is 5.94. The van der Waals surface area contributed by atoms with Gasteiger partial charge in [0.05, 0.1) is 0 Å². The van der Waals surface area contributed by atoms with Gasteiger partial charge in [0.25, 0.3) is 0 Å². The Hall–Kier alpha value is -1.42. The molecular formula is C17H25FN2O. The maximum absolute atomic E-state index is 13.6. The SMILES string of the molecule is CN[C@@H]1CCCN(C(=O)[C@H](C)CCc2ccccc2F)C1. The summed E-state index contributed by atoms with van der Waals surface area (Å²) in [7, 11) is 1.94. The van der Waals surface area contributed by atoms with Gasteiger partial charge in [0, 0.05) is 25.0 Å². The van der Waals surface area contributed by atoms with Crippen molar-refractivity contribution in [2.45, 2.75) is 38.6 Å². The number of hydrogen-bond acceptors (Lipinski definition) is 2. The van der Waals surface area contributed by atoms with Gasteiger partial charge in [-0.1, -0.05) is 25.1 Å². The standard InChI is InChI=1S/C17H25FN2O/c1-13(9-10-14-6-3-4-8-16(14)18)17(21)20-11-5-7-15(12-20)19-2/h3-4,6,8,13,15,19H,5,7,9-12H2,1-2H3/t13-,15-/m1/s1. The van der Waals surface area contributed by atoms with Crippen LogP contribution in [0.15, 0.2) is 24.3 Å². The van der Waals surface area contributed by atoms with E-state index in [1.807, 2.05) is 24.9 Å². The van der Waals surface area contributed by atoms with Gasteiger partial charge in [-0.25, -0.2) is 4.39 Å². The third kappa shape index (κ3) is 4.27. The molecule has 0 saturated carbocycles. The predicted octanol–water partition coefficient (Wildman–Crippen LogP) is 2.60. The largest absolute Gasteiger partial charge is 0.341 e. The van der Waals surface area contributed by atoms with E-state index in [2.05, 4.69) is 5.32 Å². The van der Waals surface area contributed by atoms with Crippen molar-refractivity contribution in [3.63, 3.8) is 0 Å². The molecule has 1 N–H and O–H groups in total. The zero-order valence-electron chi connectivity index (χ0n) is 12.9. The maximum Gasteiger partial charge on any atom is 0.225 e. The molecule has 1 aliphatic heterocycles. The fraction of sp³-hybridized carbons (Fsp3) is 0.588. The molecule has 4 heteroatoms. The molecule has 21 heavy (non-hydrogen) atoms. The molecule has 0 radical (unpaired) electrons. The first-order valence-corrected chi connectivity index (χ1v) is 7.81. The molecule has 1 aromatic rings. The molecule has 3 nitrogen and oxygen atoms in total. The number of benzene rings is 1. The number of nitrogens with one attached hydrogen (secondary N) is 1. The number of aryl methyl sites for hydroxylation is 1. The molecule has 2 atom stereocenters. The van der Waals surface area contributed by atoms with Crippen molar-refractivity contribution in [3.05, 3.63) is 35.6 Å². The topological polar surface area (TPSA) is 32.3 Å². The van der Waals surface area contributed by atoms with E-state index in [1.54, 1.807) is 12.1 Å². The molecule has 1 fully saturated rings. The van der Waals surface area contributed by atoms with Gasteiger partial charge in [0.1, 0.15) is 5.82 Å². The van der Waals surface area contributed by atoms with Crippen LogP contribution in [0.5, 0.6) is 0 Å². The van der Waals surface area contributed by atoms with Crippen molar-refractivity contribution >= 4 is 5.91 Å². The first-order valence-electron chi connectivity index (χ1n) is 7.81. The van der Waals surface area contributed by atoms with Crippen LogP contribution < -0.4 is 5.32 Å². The average Bonchev–Trinajstić information content (AvgIpc) is 2.53. The fourth-order valence-corrected chi connectivity index (χ4v) is 2.92. The summed E-state index contributed by atoms with van der Waals surface area (Å²) in [6.07, 6.45) is 3.49. The minimum atomic E-state index is -0.176. The summed E-state index contributed by atoms with van der Waals surface area (Å²) in [5.41, 5.74) is 0.698. The quantitative estimate of drug-likeness (QED) is 0.905. The number of amides is 1. The van der Waals surface area contributed by atoms with Crippen LogP contribution in [-0.4, -0.2) is 37.0 Å². The first-order chi connectivity index (χ1) is 10.1. The number of hydrogen-bond donors (Lipinski definition) is 1. The van der Waals surface area contributed by atoms with Gasteiger partial charge in [-0.15, -0.1) is 0 Å². The zero-order chi connectivity index (χ0) is 15.2. The van der Waals surface area contributed by atoms with Crippen LogP contribution in [0, 0.1) is 11.7 Å². The molecule has 1 heterocycles. The Bertz CT molecular complexity index is 478. The summed E-state index contributed by atoms with van der Waals surface area (Å²) in [5, 5.41) is 3.25. The van der Waals surface area contributed by atoms with Crippen molar-refractivity contribution < 1.29 is 9.18 Å². The van der Waals surface area contributed by atoms with Crippen molar-refractivity contribution in [2.75, 3.05) is 20.1 Å².